The molecule has 0 fully saturated rings. The summed E-state index contributed by atoms with van der Waals surface area (Å²) < 4.78 is 63.0. The smallest absolute Gasteiger partial charge is 0.407 e. The molecule has 0 saturated heterocycles. The van der Waals surface area contributed by atoms with Crippen LogP contribution in [0.5, 0.6) is 0 Å². The largest absolute Gasteiger partial charge is 0.456 e. The summed E-state index contributed by atoms with van der Waals surface area (Å²) in [7, 11) is 2.65. The molecular weight excluding hydrogens is 1830 g/mol. The third kappa shape index (κ3) is 31.0. The van der Waals surface area contributed by atoms with Crippen LogP contribution in [0.15, 0.2) is 195 Å². The van der Waals surface area contributed by atoms with Crippen LogP contribution in [0, 0.1) is 43.4 Å². The van der Waals surface area contributed by atoms with Crippen molar-refractivity contribution < 1.29 is 69.9 Å². The topological polar surface area (TPSA) is 306 Å². The fraction of sp³-hybridized carbons (Fsp3) is 0.434. The Morgan fingerprint density at radius 3 is 1.07 bits per heavy atom. The van der Waals surface area contributed by atoms with Crippen molar-refractivity contribution in [3.8, 4) is 79.5 Å². The normalized spacial score (nSPS) is 11.8. The first-order valence-electron chi connectivity index (χ1n) is 50.2. The van der Waals surface area contributed by atoms with Crippen LogP contribution in [0.4, 0.5) is 9.59 Å². The van der Waals surface area contributed by atoms with Crippen LogP contribution in [0.25, 0.3) is 100 Å². The molecule has 0 bridgehead atoms. The van der Waals surface area contributed by atoms with E-state index in [4.69, 9.17) is 56.5 Å². The van der Waals surface area contributed by atoms with Gasteiger partial charge in [0.15, 0.2) is 0 Å². The molecule has 4 N–H and O–H groups in total. The first-order valence-corrected chi connectivity index (χ1v) is 52.5. The number of hydrogen-bond acceptors (Lipinski definition) is 19. The fourth-order valence-corrected chi connectivity index (χ4v) is 20.0. The van der Waals surface area contributed by atoms with Gasteiger partial charge >= 0.3 is 12.2 Å². The molecule has 6 aromatic carbocycles. The van der Waals surface area contributed by atoms with Gasteiger partial charge in [-0.25, -0.2) is 33.1 Å². The van der Waals surface area contributed by atoms with E-state index in [1.807, 2.05) is 113 Å². The molecule has 5 amide bonds. The summed E-state index contributed by atoms with van der Waals surface area (Å²) in [4.78, 5) is 71.1. The van der Waals surface area contributed by atoms with Gasteiger partial charge in [-0.3, -0.25) is 14.4 Å². The van der Waals surface area contributed by atoms with Gasteiger partial charge in [0.05, 0.1) is 82.7 Å². The number of carbonyl (C=O) groups excluding carboxylic acids is 5. The summed E-state index contributed by atoms with van der Waals surface area (Å²) in [5.41, 5.74) is 15.6. The first kappa shape index (κ1) is 112. The molecule has 756 valence electrons. The molecule has 2 unspecified atom stereocenters. The molecule has 12 rings (SSSR count). The number of rotatable bonds is 47. The number of fused-ring (bicyclic) bond motifs is 6. The van der Waals surface area contributed by atoms with E-state index < -0.39 is 29.2 Å². The van der Waals surface area contributed by atoms with Crippen molar-refractivity contribution >= 4 is 79.9 Å². The molecule has 29 heteroatoms. The number of amides is 5. The molecule has 0 aromatic heterocycles. The van der Waals surface area contributed by atoms with Crippen LogP contribution in [-0.4, -0.2) is 212 Å². The number of likely N-dealkylation sites (N-methyl/N-ethyl adjacent to an activating group) is 3. The van der Waals surface area contributed by atoms with Crippen LogP contribution in [-0.2, 0) is 27.6 Å². The van der Waals surface area contributed by atoms with Gasteiger partial charge in [-0.1, -0.05) is 117 Å². The molecule has 142 heavy (non-hydrogen) atoms. The predicted octanol–water partition coefficient (Wildman–Crippen LogP) is 21.2. The number of aliphatic hydroxyl groups is 1. The Hall–Kier alpha value is -12.1. The number of unbranched alkanes of at least 4 members (excludes halogenated alkanes) is 6. The molecule has 3 aliphatic heterocycles. The molecule has 3 aliphatic carbocycles. The third-order valence-corrected chi connectivity index (χ3v) is 28.3. The Bertz CT molecular complexity index is 6390. The van der Waals surface area contributed by atoms with E-state index in [1.165, 1.54) is 0 Å². The second-order valence-electron chi connectivity index (χ2n) is 36.0. The maximum absolute atomic E-state index is 14.1. The van der Waals surface area contributed by atoms with E-state index in [9.17, 15) is 24.0 Å². The van der Waals surface area contributed by atoms with Crippen molar-refractivity contribution in [3.63, 3.8) is 0 Å². The Kier molecular flexibility index (Phi) is 45.1. The second kappa shape index (κ2) is 57.3. The number of aliphatic hydroxyl groups excluding tert-OH is 1. The molecule has 6 aliphatic rings. The minimum atomic E-state index is -1.38. The Morgan fingerprint density at radius 2 is 0.725 bits per heavy atom. The van der Waals surface area contributed by atoms with Gasteiger partial charge in [0.25, 0.3) is 34.8 Å². The number of aryl methyl sites for hydroxylation is 3. The lowest BCUT2D eigenvalue weighted by molar-refractivity contribution is 0.0741. The summed E-state index contributed by atoms with van der Waals surface area (Å²) in [5.74, 6) is 1.90. The predicted molar refractivity (Wildman–Crippen MR) is 570 cm³/mol. The van der Waals surface area contributed by atoms with Crippen LogP contribution < -0.4 is 45.5 Å². The summed E-state index contributed by atoms with van der Waals surface area (Å²) >= 11 is 0. The molecule has 6 aromatic rings. The number of benzene rings is 9. The van der Waals surface area contributed by atoms with Crippen molar-refractivity contribution in [2.75, 3.05) is 139 Å². The molecular formula is C113H147N12O15P2+3. The highest BCUT2D eigenvalue weighted by atomic mass is 31.2. The minimum absolute atomic E-state index is 0.0703. The van der Waals surface area contributed by atoms with Crippen molar-refractivity contribution in [1.82, 2.24) is 48.8 Å². The van der Waals surface area contributed by atoms with Crippen LogP contribution in [0.2, 0.25) is 0 Å². The van der Waals surface area contributed by atoms with Gasteiger partial charge in [0.2, 0.25) is 16.1 Å². The van der Waals surface area contributed by atoms with Crippen molar-refractivity contribution in [1.29, 1.82) is 10.5 Å². The third-order valence-electron chi connectivity index (χ3n) is 24.6. The van der Waals surface area contributed by atoms with E-state index in [1.54, 1.807) is 35.8 Å². The van der Waals surface area contributed by atoms with E-state index in [0.717, 1.165) is 224 Å². The van der Waals surface area contributed by atoms with Gasteiger partial charge in [-0.2, -0.15) is 10.5 Å². The Balaban J connectivity index is 0.000000220. The molecule has 2 atom stereocenters. The van der Waals surface area contributed by atoms with Gasteiger partial charge in [0.1, 0.15) is 86.5 Å². The zero-order valence-corrected chi connectivity index (χ0v) is 88.2. The summed E-state index contributed by atoms with van der Waals surface area (Å²) in [5, 5.41) is 41.5. The zero-order valence-electron chi connectivity index (χ0n) is 86.4. The highest BCUT2D eigenvalue weighted by Crippen LogP contribution is 2.48. The molecule has 0 saturated carbocycles. The average Bonchev–Trinajstić information content (AvgIpc) is 0.753. The fourth-order valence-electron chi connectivity index (χ4n) is 17.2. The zero-order chi connectivity index (χ0) is 102. The van der Waals surface area contributed by atoms with Gasteiger partial charge in [0, 0.05) is 150 Å². The Morgan fingerprint density at radius 1 is 0.394 bits per heavy atom. The lowest BCUT2D eigenvalue weighted by Gasteiger charge is -2.35. The minimum Gasteiger partial charge on any atom is -0.456 e. The number of nitrogens with zero attached hydrogens (tertiary/aromatic N) is 9. The van der Waals surface area contributed by atoms with E-state index in [-0.39, 0.29) is 68.8 Å². The standard InChI is InChI=1S/C41H54N5O6P.C37H48N4O4P.C35H43N3O5/c1-7-46(8-2)32-19-21-36-38(29-32)52-37-28-31(5)18-20-35(37)39(36)33-16-11-12-17-34(33)40(47)45(6)24-27-49-41(48)43-23-13-9-10-14-25-50-53(44-30(3)4)51-26-15-22-42;1-9-40(10-2)29-17-19-33-35(25-29)45-34-24-28(7)16-18-32(34)36(33)30-14-11-12-15-31(30)37(42)39(8)21-23-44-46(43-22-13-20-38)41(26(3)4)27(5)6;1-5-38(6-2)26-16-18-30-32(24-26)43-31-23-25(3)15-17-29(31)33(30)27-13-9-10-14-28(27)34(40)37(4)20-22-42-35(41)36-19-11-7-8-12-21-39/h11-12,16-21,28-30,44H,7-10,13-15,23-27H2,1-6H3;11-12,14-19,24-27H,9-10,13,21-23H2,1-8H3;9-10,13-18,23-24,39H,5-8,11-12,19-22H2,1-4H3/q;+1;/p+2. The van der Waals surface area contributed by atoms with Crippen LogP contribution >= 0.6 is 17.1 Å². The number of carbonyl (C=O) groups is 5. The van der Waals surface area contributed by atoms with Crippen LogP contribution in [0.1, 0.15) is 195 Å². The van der Waals surface area contributed by atoms with Crippen LogP contribution in [0.3, 0.4) is 0 Å². The quantitative estimate of drug-likeness (QED) is 0.0119. The monoisotopic (exact) mass is 1970 g/mol. The van der Waals surface area contributed by atoms with Crippen molar-refractivity contribution in [3.05, 3.63) is 231 Å². The second-order valence-corrected chi connectivity index (χ2v) is 38.7. The number of nitrogens with one attached hydrogen (secondary N) is 3. The molecule has 27 nitrogen and oxygen atoms in total. The molecule has 0 spiro atoms. The number of alkyl carbamates (subject to hydrolysis) is 2. The number of nitriles is 2. The van der Waals surface area contributed by atoms with Gasteiger partial charge in [-0.05, 0) is 218 Å². The van der Waals surface area contributed by atoms with E-state index >= 15 is 0 Å². The Labute approximate surface area is 840 Å². The van der Waals surface area contributed by atoms with Crippen molar-refractivity contribution in [2.24, 2.45) is 0 Å². The van der Waals surface area contributed by atoms with Crippen molar-refractivity contribution in [2.45, 2.75) is 186 Å². The number of ether oxygens (including phenoxy) is 2. The van der Waals surface area contributed by atoms with Gasteiger partial charge in [-0.15, -0.1) is 0 Å². The lowest BCUT2D eigenvalue weighted by Crippen LogP contribution is -2.35. The highest BCUT2D eigenvalue weighted by Gasteiger charge is 2.32. The van der Waals surface area contributed by atoms with E-state index in [0.29, 0.717) is 75.6 Å². The summed E-state index contributed by atoms with van der Waals surface area (Å²) in [6, 6.07) is 65.4. The first-order chi connectivity index (χ1) is 68.6. The summed E-state index contributed by atoms with van der Waals surface area (Å²) in [6.07, 6.45) is 6.69. The van der Waals surface area contributed by atoms with Gasteiger partial charge < -0.3 is 71.3 Å². The average molecular weight is 1980 g/mol. The SMILES string of the molecule is CC[N+](CC)=c1ccc2c(-c3ccccc3C(=O)N(C)CCOC(=O)NCCCCCCO)c3ccc(C)cc3oc-2c1.CC[N+](CC)=c1ccc2c(-c3ccccc3C(=O)N(C)CCOC(=O)NCCCCCCOP(NC(C)C)OCCC#N)c3ccc(C)cc3oc-2c1.CC[N+](CC)=c1ccc2c(-c3ccccc3C(=O)N(C)CCOP(OCCC#N)N(C(C)C)C(C)C)c3ccc(C)cc3oc-2c1. The molecule has 3 heterocycles. The highest BCUT2D eigenvalue weighted by molar-refractivity contribution is 7.45. The number of hydrogen-bond donors (Lipinski definition) is 4. The maximum Gasteiger partial charge on any atom is 0.407 e. The summed E-state index contributed by atoms with van der Waals surface area (Å²) in [6.45, 7) is 40.6. The van der Waals surface area contributed by atoms with E-state index in [2.05, 4.69) is 219 Å². The lowest BCUT2D eigenvalue weighted by atomic mass is 9.90. The maximum atomic E-state index is 14.1. The molecule has 0 radical (unpaired) electrons.